The largest absolute Gasteiger partial charge is 0.362 e. The molecule has 1 aliphatic heterocycles. The maximum Gasteiger partial charge on any atom is 0.130 e. The van der Waals surface area contributed by atoms with Gasteiger partial charge in [-0.25, -0.2) is 0 Å². The standard InChI is InChI=1S/C13H12ClNOS/c14-11-1-3-12(4-2-11)15-6-5-10(9-15)13-16-7-8-17-13/h1-6,9,13H,7-8H2/t13-/m0/s1. The van der Waals surface area contributed by atoms with E-state index in [9.17, 15) is 0 Å². The molecule has 0 saturated carbocycles. The van der Waals surface area contributed by atoms with Crippen LogP contribution in [0.15, 0.2) is 42.7 Å². The lowest BCUT2D eigenvalue weighted by Crippen LogP contribution is -1.92. The van der Waals surface area contributed by atoms with Crippen molar-refractivity contribution >= 4 is 23.4 Å². The first-order valence-electron chi connectivity index (χ1n) is 5.50. The minimum Gasteiger partial charge on any atom is -0.362 e. The van der Waals surface area contributed by atoms with Gasteiger partial charge in [-0.3, -0.25) is 0 Å². The van der Waals surface area contributed by atoms with E-state index in [-0.39, 0.29) is 5.44 Å². The summed E-state index contributed by atoms with van der Waals surface area (Å²) in [7, 11) is 0. The quantitative estimate of drug-likeness (QED) is 0.818. The Hall–Kier alpha value is -0.900. The number of thioether (sulfide) groups is 1. The number of hydrogen-bond donors (Lipinski definition) is 0. The van der Waals surface area contributed by atoms with Gasteiger partial charge in [0.2, 0.25) is 0 Å². The Balaban J connectivity index is 1.86. The van der Waals surface area contributed by atoms with Crippen LogP contribution < -0.4 is 0 Å². The van der Waals surface area contributed by atoms with E-state index in [4.69, 9.17) is 16.3 Å². The van der Waals surface area contributed by atoms with Gasteiger partial charge in [-0.05, 0) is 30.3 Å². The molecule has 88 valence electrons. The molecule has 0 radical (unpaired) electrons. The van der Waals surface area contributed by atoms with Crippen LogP contribution in [-0.4, -0.2) is 16.9 Å². The lowest BCUT2D eigenvalue weighted by atomic mass is 10.3. The summed E-state index contributed by atoms with van der Waals surface area (Å²) in [6, 6.07) is 9.93. The molecule has 0 amide bonds. The van der Waals surface area contributed by atoms with Gasteiger partial charge in [-0.15, -0.1) is 11.8 Å². The van der Waals surface area contributed by atoms with Gasteiger partial charge in [0, 0.05) is 34.4 Å². The van der Waals surface area contributed by atoms with Crippen LogP contribution in [0.3, 0.4) is 0 Å². The third-order valence-electron chi connectivity index (χ3n) is 2.73. The summed E-state index contributed by atoms with van der Waals surface area (Å²) in [5, 5.41) is 0.760. The zero-order chi connectivity index (χ0) is 11.7. The predicted octanol–water partition coefficient (Wildman–Crippen LogP) is 3.89. The van der Waals surface area contributed by atoms with Crippen molar-refractivity contribution in [1.82, 2.24) is 4.57 Å². The van der Waals surface area contributed by atoms with E-state index >= 15 is 0 Å². The summed E-state index contributed by atoms with van der Waals surface area (Å²) in [5.41, 5.74) is 2.54. The highest BCUT2D eigenvalue weighted by Gasteiger charge is 2.19. The maximum atomic E-state index is 5.88. The predicted molar refractivity (Wildman–Crippen MR) is 71.9 cm³/mol. The molecule has 0 aliphatic carbocycles. The number of ether oxygens (including phenoxy) is 1. The van der Waals surface area contributed by atoms with Gasteiger partial charge in [0.15, 0.2) is 0 Å². The summed E-state index contributed by atoms with van der Waals surface area (Å²) in [6.45, 7) is 0.849. The molecule has 0 spiro atoms. The molecule has 1 aliphatic rings. The highest BCUT2D eigenvalue weighted by molar-refractivity contribution is 7.99. The highest BCUT2D eigenvalue weighted by atomic mass is 35.5. The SMILES string of the molecule is Clc1ccc(-n2ccc([C@H]3OCCS3)c2)cc1. The molecular weight excluding hydrogens is 254 g/mol. The maximum absolute atomic E-state index is 5.88. The molecule has 1 aromatic carbocycles. The first-order chi connectivity index (χ1) is 8.33. The molecule has 1 atom stereocenters. The molecule has 3 rings (SSSR count). The van der Waals surface area contributed by atoms with Gasteiger partial charge in [-0.2, -0.15) is 0 Å². The Morgan fingerprint density at radius 2 is 2.06 bits per heavy atom. The average Bonchev–Trinajstić information content (AvgIpc) is 3.00. The van der Waals surface area contributed by atoms with Crippen molar-refractivity contribution in [2.45, 2.75) is 5.44 Å². The van der Waals surface area contributed by atoms with Crippen LogP contribution in [0.2, 0.25) is 5.02 Å². The number of nitrogens with zero attached hydrogens (tertiary/aromatic N) is 1. The molecule has 0 N–H and O–H groups in total. The zero-order valence-corrected chi connectivity index (χ0v) is 10.7. The first-order valence-corrected chi connectivity index (χ1v) is 6.93. The van der Waals surface area contributed by atoms with Crippen molar-refractivity contribution in [2.75, 3.05) is 12.4 Å². The Morgan fingerprint density at radius 3 is 2.76 bits per heavy atom. The minimum absolute atomic E-state index is 0.198. The topological polar surface area (TPSA) is 14.2 Å². The summed E-state index contributed by atoms with van der Waals surface area (Å²) >= 11 is 7.73. The van der Waals surface area contributed by atoms with Gasteiger partial charge in [0.25, 0.3) is 0 Å². The van der Waals surface area contributed by atoms with Crippen LogP contribution in [0.25, 0.3) is 5.69 Å². The average molecular weight is 266 g/mol. The molecule has 2 nitrogen and oxygen atoms in total. The Kier molecular flexibility index (Phi) is 3.14. The summed E-state index contributed by atoms with van der Waals surface area (Å²) in [6.07, 6.45) is 4.17. The summed E-state index contributed by atoms with van der Waals surface area (Å²) < 4.78 is 7.73. The van der Waals surface area contributed by atoms with Crippen molar-refractivity contribution in [2.24, 2.45) is 0 Å². The van der Waals surface area contributed by atoms with Gasteiger partial charge >= 0.3 is 0 Å². The van der Waals surface area contributed by atoms with Crippen molar-refractivity contribution in [1.29, 1.82) is 0 Å². The van der Waals surface area contributed by atoms with Crippen LogP contribution in [0.4, 0.5) is 0 Å². The fourth-order valence-corrected chi connectivity index (χ4v) is 2.93. The molecule has 17 heavy (non-hydrogen) atoms. The van der Waals surface area contributed by atoms with E-state index < -0.39 is 0 Å². The van der Waals surface area contributed by atoms with Gasteiger partial charge in [0.05, 0.1) is 6.61 Å². The molecule has 0 bridgehead atoms. The third-order valence-corrected chi connectivity index (χ3v) is 4.10. The van der Waals surface area contributed by atoms with E-state index in [0.29, 0.717) is 0 Å². The molecule has 0 unspecified atom stereocenters. The fourth-order valence-electron chi connectivity index (χ4n) is 1.88. The Labute approximate surface area is 110 Å². The number of rotatable bonds is 2. The Bertz CT molecular complexity index is 502. The van der Waals surface area contributed by atoms with Crippen LogP contribution in [0.5, 0.6) is 0 Å². The second-order valence-electron chi connectivity index (χ2n) is 3.90. The molecule has 2 heterocycles. The van der Waals surface area contributed by atoms with Gasteiger partial charge < -0.3 is 9.30 Å². The zero-order valence-electron chi connectivity index (χ0n) is 9.17. The van der Waals surface area contributed by atoms with Crippen molar-refractivity contribution in [3.8, 4) is 5.69 Å². The van der Waals surface area contributed by atoms with Crippen LogP contribution in [0.1, 0.15) is 11.0 Å². The summed E-state index contributed by atoms with van der Waals surface area (Å²) in [4.78, 5) is 0. The van der Waals surface area contributed by atoms with E-state index in [1.807, 2.05) is 36.0 Å². The molecule has 1 fully saturated rings. The van der Waals surface area contributed by atoms with Crippen molar-refractivity contribution < 1.29 is 4.74 Å². The van der Waals surface area contributed by atoms with Crippen LogP contribution >= 0.6 is 23.4 Å². The monoisotopic (exact) mass is 265 g/mol. The lowest BCUT2D eigenvalue weighted by molar-refractivity contribution is 0.145. The Morgan fingerprint density at radius 1 is 1.24 bits per heavy atom. The molecular formula is C13H12ClNOS. The molecule has 2 aromatic rings. The normalized spacial score (nSPS) is 19.7. The number of benzene rings is 1. The van der Waals surface area contributed by atoms with E-state index in [0.717, 1.165) is 23.1 Å². The number of halogens is 1. The van der Waals surface area contributed by atoms with Crippen molar-refractivity contribution in [3.63, 3.8) is 0 Å². The van der Waals surface area contributed by atoms with Crippen LogP contribution in [0, 0.1) is 0 Å². The first kappa shape index (κ1) is 11.2. The fraction of sp³-hybridized carbons (Fsp3) is 0.231. The summed E-state index contributed by atoms with van der Waals surface area (Å²) in [5.74, 6) is 1.08. The molecule has 1 saturated heterocycles. The smallest absolute Gasteiger partial charge is 0.130 e. The number of hydrogen-bond acceptors (Lipinski definition) is 2. The highest BCUT2D eigenvalue weighted by Crippen LogP contribution is 2.35. The van der Waals surface area contributed by atoms with E-state index in [1.54, 1.807) is 0 Å². The van der Waals surface area contributed by atoms with Gasteiger partial charge in [0.1, 0.15) is 5.44 Å². The van der Waals surface area contributed by atoms with E-state index in [1.165, 1.54) is 5.56 Å². The van der Waals surface area contributed by atoms with Crippen molar-refractivity contribution in [3.05, 3.63) is 53.3 Å². The molecule has 1 aromatic heterocycles. The minimum atomic E-state index is 0.198. The van der Waals surface area contributed by atoms with Crippen LogP contribution in [-0.2, 0) is 4.74 Å². The van der Waals surface area contributed by atoms with E-state index in [2.05, 4.69) is 23.0 Å². The third kappa shape index (κ3) is 2.37. The molecule has 4 heteroatoms. The second kappa shape index (κ2) is 4.77. The number of aromatic nitrogens is 1. The van der Waals surface area contributed by atoms with Gasteiger partial charge in [-0.1, -0.05) is 11.6 Å². The lowest BCUT2D eigenvalue weighted by Gasteiger charge is -2.06. The second-order valence-corrected chi connectivity index (χ2v) is 5.51.